The molecule has 2 nitrogen and oxygen atoms in total. The molecular weight excluding hydrogens is 220 g/mol. The number of aryl methyl sites for hydroxylation is 2. The van der Waals surface area contributed by atoms with Crippen LogP contribution in [0, 0.1) is 13.8 Å². The third-order valence-electron chi connectivity index (χ3n) is 2.99. The van der Waals surface area contributed by atoms with Crippen LogP contribution in [0.25, 0.3) is 17.3 Å². The van der Waals surface area contributed by atoms with E-state index in [0.717, 1.165) is 11.5 Å². The summed E-state index contributed by atoms with van der Waals surface area (Å²) in [6, 6.07) is 6.42. The predicted molar refractivity (Wildman–Crippen MR) is 77.3 cm³/mol. The lowest BCUT2D eigenvalue weighted by Crippen LogP contribution is -1.85. The Hall–Kier alpha value is -2.09. The maximum Gasteiger partial charge on any atom is 0.103 e. The van der Waals surface area contributed by atoms with Gasteiger partial charge in [-0.2, -0.15) is 0 Å². The second-order valence-electron chi connectivity index (χ2n) is 4.55. The summed E-state index contributed by atoms with van der Waals surface area (Å²) in [6.07, 6.45) is 5.88. The van der Waals surface area contributed by atoms with Crippen molar-refractivity contribution in [2.45, 2.75) is 20.8 Å². The summed E-state index contributed by atoms with van der Waals surface area (Å²) in [7, 11) is 0. The Labute approximate surface area is 108 Å². The smallest absolute Gasteiger partial charge is 0.103 e. The SMILES string of the molecule is C=C/C(C)=C\c1ccc(-c2cnc(C)[nH]2)cc1C. The van der Waals surface area contributed by atoms with Crippen molar-refractivity contribution in [3.63, 3.8) is 0 Å². The number of rotatable bonds is 3. The van der Waals surface area contributed by atoms with E-state index in [1.54, 1.807) is 0 Å². The van der Waals surface area contributed by atoms with Gasteiger partial charge in [-0.1, -0.05) is 36.4 Å². The van der Waals surface area contributed by atoms with E-state index in [2.05, 4.69) is 54.7 Å². The van der Waals surface area contributed by atoms with Crippen LogP contribution in [0.3, 0.4) is 0 Å². The van der Waals surface area contributed by atoms with Crippen LogP contribution in [0.15, 0.2) is 42.6 Å². The summed E-state index contributed by atoms with van der Waals surface area (Å²) in [5.41, 5.74) is 5.88. The molecule has 0 unspecified atom stereocenters. The topological polar surface area (TPSA) is 28.7 Å². The lowest BCUT2D eigenvalue weighted by molar-refractivity contribution is 1.15. The summed E-state index contributed by atoms with van der Waals surface area (Å²) >= 11 is 0. The van der Waals surface area contributed by atoms with Crippen LogP contribution in [-0.2, 0) is 0 Å². The fourth-order valence-corrected chi connectivity index (χ4v) is 1.88. The van der Waals surface area contributed by atoms with Gasteiger partial charge in [0, 0.05) is 0 Å². The highest BCUT2D eigenvalue weighted by Gasteiger charge is 2.03. The number of imidazole rings is 1. The molecule has 1 aromatic carbocycles. The normalized spacial score (nSPS) is 11.6. The Kier molecular flexibility index (Phi) is 3.47. The highest BCUT2D eigenvalue weighted by molar-refractivity contribution is 5.66. The standard InChI is InChI=1S/C16H18N2/c1-5-11(2)8-14-6-7-15(9-12(14)3)16-10-17-13(4)18-16/h5-10H,1H2,2-4H3,(H,17,18)/b11-8-. The van der Waals surface area contributed by atoms with Crippen molar-refractivity contribution in [2.24, 2.45) is 0 Å². The van der Waals surface area contributed by atoms with Crippen molar-refractivity contribution in [3.8, 4) is 11.3 Å². The fourth-order valence-electron chi connectivity index (χ4n) is 1.88. The van der Waals surface area contributed by atoms with Crippen LogP contribution in [0.5, 0.6) is 0 Å². The second kappa shape index (κ2) is 5.05. The van der Waals surface area contributed by atoms with Crippen LogP contribution in [0.1, 0.15) is 23.9 Å². The largest absolute Gasteiger partial charge is 0.342 e. The molecule has 2 heteroatoms. The van der Waals surface area contributed by atoms with Crippen molar-refractivity contribution in [1.29, 1.82) is 0 Å². The lowest BCUT2D eigenvalue weighted by atomic mass is 10.0. The fraction of sp³-hybridized carbons (Fsp3) is 0.188. The van der Waals surface area contributed by atoms with Gasteiger partial charge in [0.1, 0.15) is 5.82 Å². The molecule has 0 fully saturated rings. The number of allylic oxidation sites excluding steroid dienone is 2. The minimum absolute atomic E-state index is 0.939. The van der Waals surface area contributed by atoms with Gasteiger partial charge in [0.25, 0.3) is 0 Å². The molecule has 0 aliphatic heterocycles. The summed E-state index contributed by atoms with van der Waals surface area (Å²) < 4.78 is 0. The summed E-state index contributed by atoms with van der Waals surface area (Å²) in [6.45, 7) is 9.91. The first-order valence-corrected chi connectivity index (χ1v) is 6.03. The van der Waals surface area contributed by atoms with Gasteiger partial charge >= 0.3 is 0 Å². The first kappa shape index (κ1) is 12.4. The number of nitrogens with zero attached hydrogens (tertiary/aromatic N) is 1. The van der Waals surface area contributed by atoms with E-state index in [0.29, 0.717) is 0 Å². The average molecular weight is 238 g/mol. The minimum atomic E-state index is 0.939. The molecule has 0 saturated carbocycles. The van der Waals surface area contributed by atoms with Crippen LogP contribution < -0.4 is 0 Å². The molecule has 0 bridgehead atoms. The van der Waals surface area contributed by atoms with Gasteiger partial charge in [0.2, 0.25) is 0 Å². The van der Waals surface area contributed by atoms with Gasteiger partial charge in [-0.15, -0.1) is 0 Å². The molecule has 1 heterocycles. The van der Waals surface area contributed by atoms with Crippen molar-refractivity contribution in [1.82, 2.24) is 9.97 Å². The molecule has 0 radical (unpaired) electrons. The first-order chi connectivity index (χ1) is 8.60. The zero-order chi connectivity index (χ0) is 13.1. The number of nitrogens with one attached hydrogen (secondary N) is 1. The van der Waals surface area contributed by atoms with E-state index in [9.17, 15) is 0 Å². The third-order valence-corrected chi connectivity index (χ3v) is 2.99. The maximum atomic E-state index is 4.23. The summed E-state index contributed by atoms with van der Waals surface area (Å²) in [5.74, 6) is 0.939. The molecule has 1 aromatic heterocycles. The molecule has 0 amide bonds. The Morgan fingerprint density at radius 2 is 2.11 bits per heavy atom. The highest BCUT2D eigenvalue weighted by atomic mass is 14.9. The molecule has 0 atom stereocenters. The van der Waals surface area contributed by atoms with E-state index >= 15 is 0 Å². The van der Waals surface area contributed by atoms with Gasteiger partial charge in [-0.3, -0.25) is 0 Å². The molecule has 0 spiro atoms. The number of aromatic amines is 1. The van der Waals surface area contributed by atoms with Crippen molar-refractivity contribution in [2.75, 3.05) is 0 Å². The predicted octanol–water partition coefficient (Wildman–Crippen LogP) is 4.28. The molecule has 92 valence electrons. The van der Waals surface area contributed by atoms with E-state index in [4.69, 9.17) is 0 Å². The number of aromatic nitrogens is 2. The third kappa shape index (κ3) is 2.59. The zero-order valence-corrected chi connectivity index (χ0v) is 11.1. The zero-order valence-electron chi connectivity index (χ0n) is 11.1. The van der Waals surface area contributed by atoms with Gasteiger partial charge < -0.3 is 4.98 Å². The van der Waals surface area contributed by atoms with E-state index in [1.165, 1.54) is 22.3 Å². The Morgan fingerprint density at radius 1 is 1.33 bits per heavy atom. The molecule has 2 aromatic rings. The summed E-state index contributed by atoms with van der Waals surface area (Å²) in [4.78, 5) is 7.47. The molecular formula is C16H18N2. The van der Waals surface area contributed by atoms with Gasteiger partial charge in [-0.25, -0.2) is 4.98 Å². The maximum absolute atomic E-state index is 4.23. The summed E-state index contributed by atoms with van der Waals surface area (Å²) in [5, 5.41) is 0. The van der Waals surface area contributed by atoms with Gasteiger partial charge in [-0.05, 0) is 43.5 Å². The number of benzene rings is 1. The minimum Gasteiger partial charge on any atom is -0.342 e. The molecule has 1 N–H and O–H groups in total. The number of hydrogen-bond acceptors (Lipinski definition) is 1. The van der Waals surface area contributed by atoms with Crippen molar-refractivity contribution in [3.05, 3.63) is 59.6 Å². The van der Waals surface area contributed by atoms with Gasteiger partial charge in [0.05, 0.1) is 11.9 Å². The van der Waals surface area contributed by atoms with E-state index in [-0.39, 0.29) is 0 Å². The number of H-pyrrole nitrogens is 1. The van der Waals surface area contributed by atoms with Crippen molar-refractivity contribution >= 4 is 6.08 Å². The molecule has 0 saturated heterocycles. The highest BCUT2D eigenvalue weighted by Crippen LogP contribution is 2.22. The van der Waals surface area contributed by atoms with Crippen LogP contribution >= 0.6 is 0 Å². The molecule has 0 aliphatic rings. The molecule has 2 rings (SSSR count). The van der Waals surface area contributed by atoms with Crippen molar-refractivity contribution < 1.29 is 0 Å². The van der Waals surface area contributed by atoms with E-state index in [1.807, 2.05) is 19.2 Å². The lowest BCUT2D eigenvalue weighted by Gasteiger charge is -2.05. The van der Waals surface area contributed by atoms with Crippen LogP contribution in [0.4, 0.5) is 0 Å². The average Bonchev–Trinajstić information content (AvgIpc) is 2.78. The number of hydrogen-bond donors (Lipinski definition) is 1. The van der Waals surface area contributed by atoms with Crippen LogP contribution in [-0.4, -0.2) is 9.97 Å². The molecule has 0 aliphatic carbocycles. The first-order valence-electron chi connectivity index (χ1n) is 6.03. The Morgan fingerprint density at radius 3 is 2.67 bits per heavy atom. The Bertz CT molecular complexity index is 603. The quantitative estimate of drug-likeness (QED) is 0.794. The molecule has 18 heavy (non-hydrogen) atoms. The second-order valence-corrected chi connectivity index (χ2v) is 4.55. The van der Waals surface area contributed by atoms with Gasteiger partial charge in [0.15, 0.2) is 0 Å². The monoisotopic (exact) mass is 238 g/mol. The van der Waals surface area contributed by atoms with E-state index < -0.39 is 0 Å². The van der Waals surface area contributed by atoms with Crippen LogP contribution in [0.2, 0.25) is 0 Å². The Balaban J connectivity index is 2.39.